The molecule has 0 spiro atoms. The van der Waals surface area contributed by atoms with Crippen molar-refractivity contribution in [2.24, 2.45) is 0 Å². The third-order valence-corrected chi connectivity index (χ3v) is 1.74. The van der Waals surface area contributed by atoms with Crippen LogP contribution >= 0.6 is 0 Å². The van der Waals surface area contributed by atoms with E-state index in [1.165, 1.54) is 0 Å². The Morgan fingerprint density at radius 2 is 1.85 bits per heavy atom. The van der Waals surface area contributed by atoms with Gasteiger partial charge in [0.25, 0.3) is 0 Å². The molecule has 5 heteroatoms. The largest absolute Gasteiger partial charge is 0.389 e. The van der Waals surface area contributed by atoms with E-state index in [1.54, 1.807) is 0 Å². The Bertz CT molecular complexity index is 125. The van der Waals surface area contributed by atoms with Gasteiger partial charge in [0.1, 0.15) is 0 Å². The summed E-state index contributed by atoms with van der Waals surface area (Å²) in [5.74, 6) is 0. The van der Waals surface area contributed by atoms with E-state index in [2.05, 4.69) is 5.32 Å². The van der Waals surface area contributed by atoms with Crippen LogP contribution in [0.15, 0.2) is 0 Å². The van der Waals surface area contributed by atoms with Crippen molar-refractivity contribution in [3.63, 3.8) is 0 Å². The van der Waals surface area contributed by atoms with Crippen LogP contribution in [0.25, 0.3) is 0 Å². The van der Waals surface area contributed by atoms with Gasteiger partial charge in [0.15, 0.2) is 0 Å². The highest BCUT2D eigenvalue weighted by atomic mass is 19.4. The second kappa shape index (κ2) is 6.21. The summed E-state index contributed by atoms with van der Waals surface area (Å²) in [5, 5.41) is 2.94. The van der Waals surface area contributed by atoms with Crippen molar-refractivity contribution >= 4 is 0 Å². The van der Waals surface area contributed by atoms with Gasteiger partial charge in [-0.2, -0.15) is 13.2 Å². The van der Waals surface area contributed by atoms with Crippen LogP contribution in [0.5, 0.6) is 0 Å². The number of hydrogen-bond acceptors (Lipinski definition) is 2. The molecule has 13 heavy (non-hydrogen) atoms. The van der Waals surface area contributed by atoms with Gasteiger partial charge in [-0.05, 0) is 27.1 Å². The van der Waals surface area contributed by atoms with E-state index in [9.17, 15) is 13.2 Å². The van der Waals surface area contributed by atoms with Crippen LogP contribution in [-0.4, -0.2) is 44.8 Å². The van der Waals surface area contributed by atoms with Crippen LogP contribution in [0, 0.1) is 0 Å². The van der Waals surface area contributed by atoms with Gasteiger partial charge >= 0.3 is 6.18 Å². The number of nitrogens with zero attached hydrogens (tertiary/aromatic N) is 1. The SMILES string of the molecule is CNCCN(C)CCCC(F)(F)F. The summed E-state index contributed by atoms with van der Waals surface area (Å²) >= 11 is 0. The zero-order chi connectivity index (χ0) is 10.3. The first-order valence-electron chi connectivity index (χ1n) is 4.35. The van der Waals surface area contributed by atoms with Crippen molar-refractivity contribution in [1.29, 1.82) is 0 Å². The molecule has 0 saturated heterocycles. The van der Waals surface area contributed by atoms with E-state index in [0.717, 1.165) is 13.1 Å². The van der Waals surface area contributed by atoms with Gasteiger partial charge in [0, 0.05) is 19.5 Å². The Balaban J connectivity index is 3.31. The standard InChI is InChI=1S/C8H17F3N2/c1-12-5-7-13(2)6-3-4-8(9,10)11/h12H,3-7H2,1-2H3. The molecular weight excluding hydrogens is 181 g/mol. The molecule has 0 aromatic heterocycles. The lowest BCUT2D eigenvalue weighted by atomic mass is 10.3. The Hall–Kier alpha value is -0.290. The molecule has 2 nitrogen and oxygen atoms in total. The molecule has 0 aliphatic rings. The number of hydrogen-bond donors (Lipinski definition) is 1. The molecule has 0 fully saturated rings. The maximum Gasteiger partial charge on any atom is 0.389 e. The molecule has 1 N–H and O–H groups in total. The fraction of sp³-hybridized carbons (Fsp3) is 1.00. The van der Waals surface area contributed by atoms with Crippen LogP contribution in [0.4, 0.5) is 13.2 Å². The highest BCUT2D eigenvalue weighted by molar-refractivity contribution is 4.56. The Morgan fingerprint density at radius 1 is 1.23 bits per heavy atom. The first-order chi connectivity index (χ1) is 5.95. The van der Waals surface area contributed by atoms with E-state index < -0.39 is 12.6 Å². The van der Waals surface area contributed by atoms with Crippen molar-refractivity contribution in [2.45, 2.75) is 19.0 Å². The van der Waals surface area contributed by atoms with Gasteiger partial charge in [-0.15, -0.1) is 0 Å². The molecule has 0 rings (SSSR count). The molecule has 0 radical (unpaired) electrons. The maximum absolute atomic E-state index is 11.7. The number of halogens is 3. The number of alkyl halides is 3. The van der Waals surface area contributed by atoms with Crippen LogP contribution in [0.1, 0.15) is 12.8 Å². The first-order valence-corrected chi connectivity index (χ1v) is 4.35. The summed E-state index contributed by atoms with van der Waals surface area (Å²) in [7, 11) is 3.65. The highest BCUT2D eigenvalue weighted by Crippen LogP contribution is 2.21. The number of nitrogens with one attached hydrogen (secondary N) is 1. The lowest BCUT2D eigenvalue weighted by molar-refractivity contribution is -0.136. The molecule has 0 unspecified atom stereocenters. The summed E-state index contributed by atoms with van der Waals surface area (Å²) in [6, 6.07) is 0. The van der Waals surface area contributed by atoms with Gasteiger partial charge in [0.2, 0.25) is 0 Å². The zero-order valence-corrected chi connectivity index (χ0v) is 8.12. The Kier molecular flexibility index (Phi) is 6.07. The minimum Gasteiger partial charge on any atom is -0.318 e. The van der Waals surface area contributed by atoms with Crippen LogP contribution in [0.2, 0.25) is 0 Å². The van der Waals surface area contributed by atoms with E-state index in [0.29, 0.717) is 6.54 Å². The summed E-state index contributed by atoms with van der Waals surface area (Å²) in [6.07, 6.45) is -4.51. The topological polar surface area (TPSA) is 15.3 Å². The van der Waals surface area contributed by atoms with Crippen molar-refractivity contribution in [3.8, 4) is 0 Å². The van der Waals surface area contributed by atoms with E-state index in [1.807, 2.05) is 19.0 Å². The van der Waals surface area contributed by atoms with Crippen molar-refractivity contribution < 1.29 is 13.2 Å². The summed E-state index contributed by atoms with van der Waals surface area (Å²) in [4.78, 5) is 1.89. The van der Waals surface area contributed by atoms with Gasteiger partial charge in [0.05, 0.1) is 0 Å². The highest BCUT2D eigenvalue weighted by Gasteiger charge is 2.26. The van der Waals surface area contributed by atoms with E-state index in [-0.39, 0.29) is 6.42 Å². The second-order valence-corrected chi connectivity index (χ2v) is 3.13. The van der Waals surface area contributed by atoms with Gasteiger partial charge in [-0.3, -0.25) is 0 Å². The van der Waals surface area contributed by atoms with Gasteiger partial charge in [-0.25, -0.2) is 0 Å². The van der Waals surface area contributed by atoms with Gasteiger partial charge < -0.3 is 10.2 Å². The quantitative estimate of drug-likeness (QED) is 0.695. The van der Waals surface area contributed by atoms with E-state index in [4.69, 9.17) is 0 Å². The minimum absolute atomic E-state index is 0.184. The Labute approximate surface area is 77.1 Å². The molecule has 0 aliphatic carbocycles. The average Bonchev–Trinajstić information content (AvgIpc) is 1.98. The molecule has 0 saturated carbocycles. The third kappa shape index (κ3) is 9.63. The van der Waals surface area contributed by atoms with Gasteiger partial charge in [-0.1, -0.05) is 0 Å². The lowest BCUT2D eigenvalue weighted by Crippen LogP contribution is -2.28. The summed E-state index contributed by atoms with van der Waals surface area (Å²) in [5.41, 5.74) is 0. The maximum atomic E-state index is 11.7. The second-order valence-electron chi connectivity index (χ2n) is 3.13. The molecule has 0 heterocycles. The molecule has 80 valence electrons. The molecule has 0 aliphatic heterocycles. The Morgan fingerprint density at radius 3 is 2.31 bits per heavy atom. The predicted octanol–water partition coefficient (Wildman–Crippen LogP) is 1.48. The fourth-order valence-electron chi connectivity index (χ4n) is 0.964. The van der Waals surface area contributed by atoms with E-state index >= 15 is 0 Å². The first kappa shape index (κ1) is 12.7. The summed E-state index contributed by atoms with van der Waals surface area (Å²) < 4.78 is 35.2. The van der Waals surface area contributed by atoms with Crippen LogP contribution in [-0.2, 0) is 0 Å². The smallest absolute Gasteiger partial charge is 0.318 e. The van der Waals surface area contributed by atoms with Crippen LogP contribution in [0.3, 0.4) is 0 Å². The third-order valence-electron chi connectivity index (χ3n) is 1.74. The van der Waals surface area contributed by atoms with Crippen molar-refractivity contribution in [3.05, 3.63) is 0 Å². The average molecular weight is 198 g/mol. The zero-order valence-electron chi connectivity index (χ0n) is 8.12. The van der Waals surface area contributed by atoms with Crippen molar-refractivity contribution in [1.82, 2.24) is 10.2 Å². The fourth-order valence-corrected chi connectivity index (χ4v) is 0.964. The molecule has 0 bridgehead atoms. The molecule has 0 aromatic rings. The van der Waals surface area contributed by atoms with Crippen LogP contribution < -0.4 is 5.32 Å². The normalized spacial score (nSPS) is 12.5. The predicted molar refractivity (Wildman–Crippen MR) is 46.7 cm³/mol. The number of rotatable bonds is 6. The molecular formula is C8H17F3N2. The molecule has 0 aromatic carbocycles. The number of likely N-dealkylation sites (N-methyl/N-ethyl adjacent to an activating group) is 2. The van der Waals surface area contributed by atoms with Crippen molar-refractivity contribution in [2.75, 3.05) is 33.7 Å². The minimum atomic E-state index is -4.01. The molecule has 0 amide bonds. The lowest BCUT2D eigenvalue weighted by Gasteiger charge is -2.16. The monoisotopic (exact) mass is 198 g/mol. The summed E-state index contributed by atoms with van der Waals surface area (Å²) in [6.45, 7) is 2.10. The molecule has 0 atom stereocenters.